The molecule has 9 heteroatoms. The van der Waals surface area contributed by atoms with Gasteiger partial charge >= 0.3 is 12.1 Å². The van der Waals surface area contributed by atoms with E-state index in [1.807, 2.05) is 59.7 Å². The molecule has 0 saturated heterocycles. The maximum atomic E-state index is 14.2. The van der Waals surface area contributed by atoms with E-state index < -0.39 is 41.6 Å². The van der Waals surface area contributed by atoms with Gasteiger partial charge in [0.25, 0.3) is 0 Å². The van der Waals surface area contributed by atoms with Crippen LogP contribution in [0.2, 0.25) is 0 Å². The fourth-order valence-electron chi connectivity index (χ4n) is 4.01. The predicted octanol–water partition coefficient (Wildman–Crippen LogP) is 4.20. The Kier molecular flexibility index (Phi) is 12.1. The molecular weight excluding hydrogens is 474 g/mol. The van der Waals surface area contributed by atoms with E-state index in [-0.39, 0.29) is 18.5 Å². The summed E-state index contributed by atoms with van der Waals surface area (Å²) in [5.41, 5.74) is 1.75. The maximum absolute atomic E-state index is 14.2. The van der Waals surface area contributed by atoms with E-state index in [0.29, 0.717) is 18.4 Å². The van der Waals surface area contributed by atoms with Crippen molar-refractivity contribution in [2.24, 2.45) is 5.92 Å². The average molecular weight is 520 g/mol. The molecule has 0 aromatic heterocycles. The van der Waals surface area contributed by atoms with Crippen LogP contribution in [0.5, 0.6) is 0 Å². The fraction of sp³-hybridized carbons (Fsp3) is 0.643. The molecule has 37 heavy (non-hydrogen) atoms. The quantitative estimate of drug-likeness (QED) is 0.424. The molecule has 0 saturated carbocycles. The number of amides is 3. The van der Waals surface area contributed by atoms with Crippen molar-refractivity contribution in [2.75, 3.05) is 13.7 Å². The molecule has 0 radical (unpaired) electrons. The van der Waals surface area contributed by atoms with Crippen molar-refractivity contribution in [1.82, 2.24) is 15.5 Å². The maximum Gasteiger partial charge on any atom is 0.408 e. The Bertz CT molecular complexity index is 935. The number of esters is 1. The highest BCUT2D eigenvalue weighted by Crippen LogP contribution is 2.29. The Morgan fingerprint density at radius 2 is 1.54 bits per heavy atom. The van der Waals surface area contributed by atoms with E-state index in [4.69, 9.17) is 4.74 Å². The van der Waals surface area contributed by atoms with Crippen LogP contribution in [0.1, 0.15) is 84.0 Å². The molecule has 2 N–H and O–H groups in total. The summed E-state index contributed by atoms with van der Waals surface area (Å²) in [5, 5.41) is 5.37. The van der Waals surface area contributed by atoms with Crippen LogP contribution >= 0.6 is 0 Å². The summed E-state index contributed by atoms with van der Waals surface area (Å²) in [5.74, 6) is -1.74. The number of hydrogen-bond acceptors (Lipinski definition) is 6. The van der Waals surface area contributed by atoms with Gasteiger partial charge < -0.3 is 25.0 Å². The van der Waals surface area contributed by atoms with Crippen molar-refractivity contribution in [1.29, 1.82) is 0 Å². The third-order valence-electron chi connectivity index (χ3n) is 6.19. The molecule has 1 aromatic rings. The van der Waals surface area contributed by atoms with Crippen molar-refractivity contribution in [3.8, 4) is 0 Å². The molecular formula is C28H45N3O6. The molecule has 4 unspecified atom stereocenters. The number of carbonyl (C=O) groups excluding carboxylic acids is 4. The largest absolute Gasteiger partial charge is 0.468 e. The lowest BCUT2D eigenvalue weighted by molar-refractivity contribution is -0.147. The smallest absolute Gasteiger partial charge is 0.408 e. The lowest BCUT2D eigenvalue weighted by atomic mass is 9.93. The minimum absolute atomic E-state index is 0.232. The zero-order chi connectivity index (χ0) is 28.5. The number of methoxy groups -OCH3 is 1. The van der Waals surface area contributed by atoms with E-state index >= 15 is 0 Å². The topological polar surface area (TPSA) is 114 Å². The van der Waals surface area contributed by atoms with E-state index in [0.717, 1.165) is 11.1 Å². The molecule has 0 aliphatic heterocycles. The molecule has 3 amide bonds. The number of alkyl carbamates (subject to hydrolysis) is 1. The number of carbonyl (C=O) groups is 4. The summed E-state index contributed by atoms with van der Waals surface area (Å²) in [4.78, 5) is 53.8. The predicted molar refractivity (Wildman–Crippen MR) is 143 cm³/mol. The van der Waals surface area contributed by atoms with Gasteiger partial charge in [0.1, 0.15) is 24.2 Å². The highest BCUT2D eigenvalue weighted by Gasteiger charge is 2.40. The number of nitrogens with zero attached hydrogens (tertiary/aromatic N) is 1. The Labute approximate surface area is 221 Å². The highest BCUT2D eigenvalue weighted by atomic mass is 16.6. The van der Waals surface area contributed by atoms with Gasteiger partial charge in [0.05, 0.1) is 7.11 Å². The third kappa shape index (κ3) is 9.70. The minimum Gasteiger partial charge on any atom is -0.468 e. The molecule has 0 fully saturated rings. The first-order chi connectivity index (χ1) is 17.1. The molecule has 0 spiro atoms. The number of rotatable bonds is 11. The molecule has 4 atom stereocenters. The van der Waals surface area contributed by atoms with E-state index in [2.05, 4.69) is 15.4 Å². The first kappa shape index (κ1) is 31.9. The van der Waals surface area contributed by atoms with Crippen LogP contribution in [-0.2, 0) is 23.9 Å². The van der Waals surface area contributed by atoms with Gasteiger partial charge in [-0.2, -0.15) is 0 Å². The molecule has 0 bridgehead atoms. The van der Waals surface area contributed by atoms with E-state index in [1.165, 1.54) is 12.0 Å². The number of benzene rings is 1. The van der Waals surface area contributed by atoms with Crippen LogP contribution in [0.15, 0.2) is 18.2 Å². The van der Waals surface area contributed by atoms with Gasteiger partial charge in [-0.3, -0.25) is 14.4 Å². The normalized spacial score (nSPS) is 14.5. The standard InChI is InChI=1S/C28H45N3O6/c1-11-19(5)23(30-27(35)37-28(7,8)9)26(34)31(20(6)12-2)24(25(33)29-16-22(32)36-10)21-14-17(3)13-18(4)15-21/h13-15,19-20,23-24H,11-12,16H2,1-10H3,(H,29,33)(H,30,35). The molecule has 0 aliphatic rings. The number of nitrogens with one attached hydrogen (secondary N) is 2. The summed E-state index contributed by atoms with van der Waals surface area (Å²) in [6, 6.07) is 3.39. The van der Waals surface area contributed by atoms with Gasteiger partial charge in [-0.25, -0.2) is 4.79 Å². The van der Waals surface area contributed by atoms with Crippen molar-refractivity contribution < 1.29 is 28.7 Å². The first-order valence-corrected chi connectivity index (χ1v) is 12.9. The summed E-state index contributed by atoms with van der Waals surface area (Å²) in [6.07, 6.45) is 0.480. The third-order valence-corrected chi connectivity index (χ3v) is 6.19. The van der Waals surface area contributed by atoms with Gasteiger partial charge in [-0.05, 0) is 59.4 Å². The molecule has 208 valence electrons. The Balaban J connectivity index is 3.62. The van der Waals surface area contributed by atoms with Crippen LogP contribution in [0.25, 0.3) is 0 Å². The van der Waals surface area contributed by atoms with Crippen LogP contribution in [-0.4, -0.2) is 60.1 Å². The highest BCUT2D eigenvalue weighted by molar-refractivity contribution is 5.93. The second-order valence-corrected chi connectivity index (χ2v) is 10.6. The Hall–Kier alpha value is -3.10. The zero-order valence-corrected chi connectivity index (χ0v) is 24.1. The number of ether oxygens (including phenoxy) is 2. The Morgan fingerprint density at radius 3 is 2.00 bits per heavy atom. The Morgan fingerprint density at radius 1 is 0.973 bits per heavy atom. The van der Waals surface area contributed by atoms with Crippen molar-refractivity contribution in [3.63, 3.8) is 0 Å². The SMILES string of the molecule is CCC(C)C(NC(=O)OC(C)(C)C)C(=O)N(C(C)CC)C(C(=O)NCC(=O)OC)c1cc(C)cc(C)c1. The number of aryl methyl sites for hydroxylation is 2. The lowest BCUT2D eigenvalue weighted by Crippen LogP contribution is -2.57. The van der Waals surface area contributed by atoms with E-state index in [1.54, 1.807) is 20.8 Å². The summed E-state index contributed by atoms with van der Waals surface area (Å²) >= 11 is 0. The fourth-order valence-corrected chi connectivity index (χ4v) is 4.01. The van der Waals surface area contributed by atoms with Crippen LogP contribution in [0.3, 0.4) is 0 Å². The second kappa shape index (κ2) is 14.0. The van der Waals surface area contributed by atoms with Gasteiger partial charge in [0.2, 0.25) is 11.8 Å². The van der Waals surface area contributed by atoms with E-state index in [9.17, 15) is 19.2 Å². The van der Waals surface area contributed by atoms with Crippen LogP contribution < -0.4 is 10.6 Å². The average Bonchev–Trinajstić information content (AvgIpc) is 2.80. The van der Waals surface area contributed by atoms with Crippen molar-refractivity contribution in [2.45, 2.75) is 98.9 Å². The molecule has 1 aromatic carbocycles. The molecule has 0 heterocycles. The summed E-state index contributed by atoms with van der Waals surface area (Å²) in [6.45, 7) is 16.3. The second-order valence-electron chi connectivity index (χ2n) is 10.6. The minimum atomic E-state index is -1.03. The van der Waals surface area contributed by atoms with Gasteiger partial charge in [-0.15, -0.1) is 0 Å². The molecule has 9 nitrogen and oxygen atoms in total. The lowest BCUT2D eigenvalue weighted by Gasteiger charge is -2.39. The van der Waals surface area contributed by atoms with Gasteiger partial charge in [0.15, 0.2) is 0 Å². The van der Waals surface area contributed by atoms with Crippen LogP contribution in [0, 0.1) is 19.8 Å². The van der Waals surface area contributed by atoms with Crippen LogP contribution in [0.4, 0.5) is 4.79 Å². The zero-order valence-electron chi connectivity index (χ0n) is 24.1. The summed E-state index contributed by atoms with van der Waals surface area (Å²) in [7, 11) is 1.24. The summed E-state index contributed by atoms with van der Waals surface area (Å²) < 4.78 is 10.1. The van der Waals surface area contributed by atoms with Gasteiger partial charge in [0, 0.05) is 6.04 Å². The van der Waals surface area contributed by atoms with Crippen molar-refractivity contribution >= 4 is 23.9 Å². The van der Waals surface area contributed by atoms with Gasteiger partial charge in [-0.1, -0.05) is 56.5 Å². The first-order valence-electron chi connectivity index (χ1n) is 12.9. The monoisotopic (exact) mass is 519 g/mol. The van der Waals surface area contributed by atoms with Crippen molar-refractivity contribution in [3.05, 3.63) is 34.9 Å². The molecule has 0 aliphatic carbocycles. The number of hydrogen-bond donors (Lipinski definition) is 2. The molecule has 1 rings (SSSR count).